The van der Waals surface area contributed by atoms with Crippen LogP contribution in [0, 0.1) is 20.2 Å². The summed E-state index contributed by atoms with van der Waals surface area (Å²) < 4.78 is 13.2. The van der Waals surface area contributed by atoms with Gasteiger partial charge in [0.15, 0.2) is 12.4 Å². The van der Waals surface area contributed by atoms with Crippen molar-refractivity contribution in [2.24, 2.45) is 0 Å². The van der Waals surface area contributed by atoms with Gasteiger partial charge in [0.1, 0.15) is 23.2 Å². The van der Waals surface area contributed by atoms with Gasteiger partial charge >= 0.3 is 0 Å². The van der Waals surface area contributed by atoms with Crippen LogP contribution in [0.25, 0.3) is 16.7 Å². The Morgan fingerprint density at radius 2 is 1.94 bits per heavy atom. The smallest absolute Gasteiger partial charge is 0.294 e. The fraction of sp³-hybridized carbons (Fsp3) is 0.150. The number of hydrogen-bond donors (Lipinski definition) is 0. The molecule has 5 rings (SSSR count). The zero-order chi connectivity index (χ0) is 23.1. The summed E-state index contributed by atoms with van der Waals surface area (Å²) in [4.78, 5) is 39.0. The highest BCUT2D eigenvalue weighted by Gasteiger charge is 2.23. The molecule has 0 bridgehead atoms. The van der Waals surface area contributed by atoms with E-state index in [-0.39, 0.29) is 48.0 Å². The number of ether oxygens (including phenoxy) is 2. The Morgan fingerprint density at radius 3 is 2.73 bits per heavy atom. The molecule has 0 saturated heterocycles. The molecule has 0 N–H and O–H groups in total. The number of hydrogen-bond acceptors (Lipinski definition) is 9. The molecule has 2 aromatic heterocycles. The standard InChI is InChI=1S/C20H14N6O7/c27-20-15-7-22-24(16-3-1-2-4-17(16)26(30)31)19(15)21-10-23(20)8-12-5-14(25(28)29)6-13-9-32-11-33-18(12)13/h1-7,10H,8-9,11H2. The van der Waals surface area contributed by atoms with Gasteiger partial charge in [0.2, 0.25) is 0 Å². The molecule has 0 atom stereocenters. The lowest BCUT2D eigenvalue weighted by Crippen LogP contribution is -2.22. The first-order chi connectivity index (χ1) is 15.9. The normalized spacial score (nSPS) is 12.8. The van der Waals surface area contributed by atoms with Crippen molar-refractivity contribution in [1.29, 1.82) is 0 Å². The van der Waals surface area contributed by atoms with E-state index in [9.17, 15) is 25.0 Å². The van der Waals surface area contributed by atoms with E-state index in [1.54, 1.807) is 6.07 Å². The fourth-order valence-corrected chi connectivity index (χ4v) is 3.72. The summed E-state index contributed by atoms with van der Waals surface area (Å²) in [7, 11) is 0. The Kier molecular flexibility index (Phi) is 4.79. The van der Waals surface area contributed by atoms with Crippen molar-refractivity contribution in [2.75, 3.05) is 6.79 Å². The Hall–Kier alpha value is -4.65. The van der Waals surface area contributed by atoms with E-state index in [2.05, 4.69) is 10.1 Å². The third kappa shape index (κ3) is 3.45. The van der Waals surface area contributed by atoms with Crippen molar-refractivity contribution in [2.45, 2.75) is 13.2 Å². The number of rotatable bonds is 5. The van der Waals surface area contributed by atoms with Crippen molar-refractivity contribution < 1.29 is 19.3 Å². The van der Waals surface area contributed by atoms with E-state index in [1.165, 1.54) is 52.1 Å². The molecule has 0 radical (unpaired) electrons. The highest BCUT2D eigenvalue weighted by atomic mass is 16.7. The molecule has 166 valence electrons. The molecule has 33 heavy (non-hydrogen) atoms. The van der Waals surface area contributed by atoms with E-state index >= 15 is 0 Å². The number of aromatic nitrogens is 4. The van der Waals surface area contributed by atoms with Crippen molar-refractivity contribution in [3.63, 3.8) is 0 Å². The predicted octanol–water partition coefficient (Wildman–Crippen LogP) is 2.31. The maximum atomic E-state index is 13.1. The van der Waals surface area contributed by atoms with Gasteiger partial charge in [0.05, 0.1) is 29.2 Å². The summed E-state index contributed by atoms with van der Waals surface area (Å²) in [5, 5.41) is 27.0. The Labute approximate surface area is 183 Å². The van der Waals surface area contributed by atoms with Gasteiger partial charge in [0, 0.05) is 29.3 Å². The van der Waals surface area contributed by atoms with Crippen LogP contribution in [0.2, 0.25) is 0 Å². The molecule has 0 unspecified atom stereocenters. The molecule has 1 aliphatic rings. The number of nitrogens with zero attached hydrogens (tertiary/aromatic N) is 6. The van der Waals surface area contributed by atoms with Crippen LogP contribution in [-0.2, 0) is 17.9 Å². The van der Waals surface area contributed by atoms with Crippen molar-refractivity contribution in [3.05, 3.63) is 90.6 Å². The van der Waals surface area contributed by atoms with E-state index in [1.807, 2.05) is 0 Å². The van der Waals surface area contributed by atoms with Gasteiger partial charge in [-0.2, -0.15) is 5.10 Å². The zero-order valence-corrected chi connectivity index (χ0v) is 16.8. The van der Waals surface area contributed by atoms with E-state index in [0.717, 1.165) is 0 Å². The van der Waals surface area contributed by atoms with Crippen LogP contribution in [0.3, 0.4) is 0 Å². The number of fused-ring (bicyclic) bond motifs is 2. The molecule has 13 heteroatoms. The van der Waals surface area contributed by atoms with E-state index < -0.39 is 15.4 Å². The van der Waals surface area contributed by atoms with Crippen LogP contribution in [-0.4, -0.2) is 36.0 Å². The van der Waals surface area contributed by atoms with Crippen LogP contribution in [0.5, 0.6) is 5.75 Å². The fourth-order valence-electron chi connectivity index (χ4n) is 3.72. The molecular formula is C20H14N6O7. The highest BCUT2D eigenvalue weighted by Crippen LogP contribution is 2.33. The molecule has 2 aromatic carbocycles. The molecule has 0 aliphatic carbocycles. The quantitative estimate of drug-likeness (QED) is 0.328. The Morgan fingerprint density at radius 1 is 1.12 bits per heavy atom. The van der Waals surface area contributed by atoms with Crippen molar-refractivity contribution in [1.82, 2.24) is 19.3 Å². The molecule has 0 amide bonds. The minimum Gasteiger partial charge on any atom is -0.467 e. The monoisotopic (exact) mass is 450 g/mol. The second-order valence-electron chi connectivity index (χ2n) is 7.18. The van der Waals surface area contributed by atoms with Gasteiger partial charge in [-0.25, -0.2) is 9.67 Å². The summed E-state index contributed by atoms with van der Waals surface area (Å²) in [6.45, 7) is 0.105. The van der Waals surface area contributed by atoms with Gasteiger partial charge < -0.3 is 9.47 Å². The number of benzene rings is 2. The lowest BCUT2D eigenvalue weighted by molar-refractivity contribution is -0.385. The first kappa shape index (κ1) is 20.3. The zero-order valence-electron chi connectivity index (χ0n) is 16.8. The minimum atomic E-state index is -0.542. The third-order valence-electron chi connectivity index (χ3n) is 5.18. The maximum Gasteiger partial charge on any atom is 0.294 e. The summed E-state index contributed by atoms with van der Waals surface area (Å²) in [5.41, 5.74) is 0.463. The number of para-hydroxylation sites is 2. The minimum absolute atomic E-state index is 0.00732. The van der Waals surface area contributed by atoms with Crippen LogP contribution >= 0.6 is 0 Å². The van der Waals surface area contributed by atoms with Crippen LogP contribution < -0.4 is 10.3 Å². The van der Waals surface area contributed by atoms with E-state index in [0.29, 0.717) is 16.9 Å². The van der Waals surface area contributed by atoms with Crippen molar-refractivity contribution in [3.8, 4) is 11.4 Å². The van der Waals surface area contributed by atoms with Gasteiger partial charge in [-0.05, 0) is 6.07 Å². The number of nitro groups is 2. The molecule has 0 saturated carbocycles. The van der Waals surface area contributed by atoms with Gasteiger partial charge in [0.25, 0.3) is 16.9 Å². The summed E-state index contributed by atoms with van der Waals surface area (Å²) in [6, 6.07) is 8.70. The molecule has 4 aromatic rings. The molecule has 13 nitrogen and oxygen atoms in total. The van der Waals surface area contributed by atoms with Crippen molar-refractivity contribution >= 4 is 22.4 Å². The van der Waals surface area contributed by atoms with Crippen LogP contribution in [0.15, 0.2) is 53.7 Å². The second-order valence-corrected chi connectivity index (χ2v) is 7.18. The Balaban J connectivity index is 1.60. The first-order valence-electron chi connectivity index (χ1n) is 9.61. The molecular weight excluding hydrogens is 436 g/mol. The van der Waals surface area contributed by atoms with Crippen LogP contribution in [0.1, 0.15) is 11.1 Å². The summed E-state index contributed by atoms with van der Waals surface area (Å²) in [6.07, 6.45) is 2.55. The lowest BCUT2D eigenvalue weighted by Gasteiger charge is -2.20. The lowest BCUT2D eigenvalue weighted by atomic mass is 10.1. The number of nitro benzene ring substituents is 2. The molecule has 0 spiro atoms. The average molecular weight is 450 g/mol. The van der Waals surface area contributed by atoms with Crippen LogP contribution in [0.4, 0.5) is 11.4 Å². The first-order valence-corrected chi connectivity index (χ1v) is 9.61. The topological polar surface area (TPSA) is 157 Å². The largest absolute Gasteiger partial charge is 0.467 e. The summed E-state index contributed by atoms with van der Waals surface area (Å²) >= 11 is 0. The SMILES string of the molecule is O=c1c2cnn(-c3ccccc3[N+](=O)[O-])c2ncn1Cc1cc([N+](=O)[O-])cc2c1OCOC2. The van der Waals surface area contributed by atoms with Gasteiger partial charge in [-0.3, -0.25) is 29.6 Å². The average Bonchev–Trinajstić information content (AvgIpc) is 3.25. The molecule has 0 fully saturated rings. The van der Waals surface area contributed by atoms with Gasteiger partial charge in [-0.1, -0.05) is 12.1 Å². The summed E-state index contributed by atoms with van der Waals surface area (Å²) in [5.74, 6) is 0.425. The second kappa shape index (κ2) is 7.80. The number of non-ortho nitro benzene ring substituents is 1. The van der Waals surface area contributed by atoms with Gasteiger partial charge in [-0.15, -0.1) is 0 Å². The highest BCUT2D eigenvalue weighted by molar-refractivity contribution is 5.76. The van der Waals surface area contributed by atoms with E-state index in [4.69, 9.17) is 9.47 Å². The predicted molar refractivity (Wildman–Crippen MR) is 112 cm³/mol. The third-order valence-corrected chi connectivity index (χ3v) is 5.18. The molecule has 3 heterocycles. The maximum absolute atomic E-state index is 13.1. The Bertz CT molecular complexity index is 1490. The molecule has 1 aliphatic heterocycles.